The second-order valence-corrected chi connectivity index (χ2v) is 5.45. The molecule has 5 nitrogen and oxygen atoms in total. The summed E-state index contributed by atoms with van der Waals surface area (Å²) in [6.45, 7) is 3.61. The molecule has 0 unspecified atom stereocenters. The normalized spacial score (nSPS) is 13.8. The second-order valence-electron chi connectivity index (χ2n) is 5.45. The van der Waals surface area contributed by atoms with Gasteiger partial charge in [0, 0.05) is 37.7 Å². The molecule has 1 aromatic carbocycles. The summed E-state index contributed by atoms with van der Waals surface area (Å²) in [5.74, 6) is -0.0904. The fourth-order valence-electron chi connectivity index (χ4n) is 1.95. The van der Waals surface area contributed by atoms with Crippen LogP contribution < -0.4 is 16.0 Å². The minimum atomic E-state index is -0.111. The number of hydrogen-bond acceptors (Lipinski definition) is 3. The zero-order valence-electron chi connectivity index (χ0n) is 12.4. The van der Waals surface area contributed by atoms with Crippen LogP contribution in [0.3, 0.4) is 0 Å². The molecule has 1 fully saturated rings. The monoisotopic (exact) mass is 289 g/mol. The Hall–Kier alpha value is -1.88. The smallest absolute Gasteiger partial charge is 0.251 e. The molecule has 1 aliphatic rings. The minimum absolute atomic E-state index is 0.0211. The Balaban J connectivity index is 1.54. The van der Waals surface area contributed by atoms with E-state index in [2.05, 4.69) is 16.0 Å². The van der Waals surface area contributed by atoms with Crippen LogP contribution in [0.4, 0.5) is 0 Å². The van der Waals surface area contributed by atoms with E-state index in [4.69, 9.17) is 0 Å². The van der Waals surface area contributed by atoms with Crippen molar-refractivity contribution in [1.82, 2.24) is 16.0 Å². The predicted molar refractivity (Wildman–Crippen MR) is 82.2 cm³/mol. The first-order valence-electron chi connectivity index (χ1n) is 7.50. The zero-order chi connectivity index (χ0) is 15.1. The number of amides is 2. The SMILES string of the molecule is Cc1ccc(C(=O)NCCNC(=O)CCNC2CC2)cc1. The highest BCUT2D eigenvalue weighted by Crippen LogP contribution is 2.18. The van der Waals surface area contributed by atoms with E-state index in [9.17, 15) is 9.59 Å². The molecule has 2 amide bonds. The quantitative estimate of drug-likeness (QED) is 0.625. The van der Waals surface area contributed by atoms with Crippen molar-refractivity contribution in [2.75, 3.05) is 19.6 Å². The Kier molecular flexibility index (Phi) is 5.75. The number of carbonyl (C=O) groups excluding carboxylic acids is 2. The van der Waals surface area contributed by atoms with Crippen LogP contribution in [-0.4, -0.2) is 37.5 Å². The van der Waals surface area contributed by atoms with Crippen molar-refractivity contribution < 1.29 is 9.59 Å². The van der Waals surface area contributed by atoms with E-state index in [1.165, 1.54) is 12.8 Å². The molecule has 21 heavy (non-hydrogen) atoms. The molecule has 0 saturated heterocycles. The van der Waals surface area contributed by atoms with Gasteiger partial charge in [-0.1, -0.05) is 17.7 Å². The van der Waals surface area contributed by atoms with E-state index in [0.29, 0.717) is 31.1 Å². The Morgan fingerprint density at radius 3 is 2.38 bits per heavy atom. The second kappa shape index (κ2) is 7.78. The van der Waals surface area contributed by atoms with Crippen LogP contribution in [0.1, 0.15) is 35.2 Å². The first-order chi connectivity index (χ1) is 10.1. The highest BCUT2D eigenvalue weighted by molar-refractivity contribution is 5.94. The molecule has 0 aliphatic heterocycles. The van der Waals surface area contributed by atoms with Crippen LogP contribution in [-0.2, 0) is 4.79 Å². The third kappa shape index (κ3) is 5.95. The summed E-state index contributed by atoms with van der Waals surface area (Å²) in [6.07, 6.45) is 2.95. The highest BCUT2D eigenvalue weighted by Gasteiger charge is 2.19. The van der Waals surface area contributed by atoms with Gasteiger partial charge in [-0.25, -0.2) is 0 Å². The number of carbonyl (C=O) groups is 2. The predicted octanol–water partition coefficient (Wildman–Crippen LogP) is 0.983. The van der Waals surface area contributed by atoms with Crippen molar-refractivity contribution in [2.24, 2.45) is 0 Å². The fourth-order valence-corrected chi connectivity index (χ4v) is 1.95. The molecule has 1 saturated carbocycles. The van der Waals surface area contributed by atoms with Crippen LogP contribution >= 0.6 is 0 Å². The molecule has 1 aromatic rings. The lowest BCUT2D eigenvalue weighted by Crippen LogP contribution is -2.35. The van der Waals surface area contributed by atoms with E-state index in [0.717, 1.165) is 12.1 Å². The Bertz CT molecular complexity index is 481. The molecule has 0 aromatic heterocycles. The molecule has 0 radical (unpaired) electrons. The van der Waals surface area contributed by atoms with Gasteiger partial charge in [-0.05, 0) is 31.9 Å². The summed E-state index contributed by atoms with van der Waals surface area (Å²) >= 11 is 0. The highest BCUT2D eigenvalue weighted by atomic mass is 16.2. The van der Waals surface area contributed by atoms with Gasteiger partial charge in [0.15, 0.2) is 0 Å². The summed E-state index contributed by atoms with van der Waals surface area (Å²) in [5, 5.41) is 8.88. The summed E-state index contributed by atoms with van der Waals surface area (Å²) in [5.41, 5.74) is 1.76. The lowest BCUT2D eigenvalue weighted by molar-refractivity contribution is -0.120. The van der Waals surface area contributed by atoms with Crippen molar-refractivity contribution >= 4 is 11.8 Å². The van der Waals surface area contributed by atoms with Crippen LogP contribution in [0.5, 0.6) is 0 Å². The number of rotatable bonds is 8. The van der Waals surface area contributed by atoms with Gasteiger partial charge in [0.25, 0.3) is 5.91 Å². The molecule has 0 atom stereocenters. The molecule has 114 valence electrons. The Morgan fingerprint density at radius 1 is 1.05 bits per heavy atom. The van der Waals surface area contributed by atoms with E-state index < -0.39 is 0 Å². The van der Waals surface area contributed by atoms with E-state index in [1.54, 1.807) is 12.1 Å². The number of benzene rings is 1. The van der Waals surface area contributed by atoms with E-state index in [1.807, 2.05) is 19.1 Å². The van der Waals surface area contributed by atoms with Crippen molar-refractivity contribution in [3.05, 3.63) is 35.4 Å². The average Bonchev–Trinajstić information content (AvgIpc) is 3.28. The molecule has 5 heteroatoms. The first kappa shape index (κ1) is 15.5. The maximum Gasteiger partial charge on any atom is 0.251 e. The molecule has 1 aliphatic carbocycles. The molecular weight excluding hydrogens is 266 g/mol. The third-order valence-electron chi connectivity index (χ3n) is 3.41. The summed E-state index contributed by atoms with van der Waals surface area (Å²) in [4.78, 5) is 23.4. The summed E-state index contributed by atoms with van der Waals surface area (Å²) in [6, 6.07) is 8.04. The minimum Gasteiger partial charge on any atom is -0.354 e. The zero-order valence-corrected chi connectivity index (χ0v) is 12.4. The van der Waals surface area contributed by atoms with Crippen LogP contribution in [0.25, 0.3) is 0 Å². The standard InChI is InChI=1S/C16H23N3O2/c1-12-2-4-13(5-3-12)16(21)19-11-10-18-15(20)8-9-17-14-6-7-14/h2-5,14,17H,6-11H2,1H3,(H,18,20)(H,19,21). The van der Waals surface area contributed by atoms with Crippen LogP contribution in [0, 0.1) is 6.92 Å². The van der Waals surface area contributed by atoms with Crippen molar-refractivity contribution in [2.45, 2.75) is 32.2 Å². The molecule has 0 spiro atoms. The van der Waals surface area contributed by atoms with Crippen molar-refractivity contribution in [3.63, 3.8) is 0 Å². The fraction of sp³-hybridized carbons (Fsp3) is 0.500. The van der Waals surface area contributed by atoms with Crippen LogP contribution in [0.2, 0.25) is 0 Å². The van der Waals surface area contributed by atoms with E-state index in [-0.39, 0.29) is 11.8 Å². The van der Waals surface area contributed by atoms with E-state index >= 15 is 0 Å². The van der Waals surface area contributed by atoms with Gasteiger partial charge < -0.3 is 16.0 Å². The molecule has 0 heterocycles. The van der Waals surface area contributed by atoms with Gasteiger partial charge in [0.05, 0.1) is 0 Å². The maximum atomic E-state index is 11.8. The van der Waals surface area contributed by atoms with Crippen molar-refractivity contribution in [3.8, 4) is 0 Å². The summed E-state index contributed by atoms with van der Waals surface area (Å²) < 4.78 is 0. The number of aryl methyl sites for hydroxylation is 1. The lowest BCUT2D eigenvalue weighted by Gasteiger charge is -2.08. The number of nitrogens with one attached hydrogen (secondary N) is 3. The van der Waals surface area contributed by atoms with Gasteiger partial charge >= 0.3 is 0 Å². The molecule has 0 bridgehead atoms. The van der Waals surface area contributed by atoms with Gasteiger partial charge in [-0.15, -0.1) is 0 Å². The maximum absolute atomic E-state index is 11.8. The third-order valence-corrected chi connectivity index (χ3v) is 3.41. The molecule has 3 N–H and O–H groups in total. The largest absolute Gasteiger partial charge is 0.354 e. The Morgan fingerprint density at radius 2 is 1.71 bits per heavy atom. The van der Waals surface area contributed by atoms with Crippen LogP contribution in [0.15, 0.2) is 24.3 Å². The summed E-state index contributed by atoms with van der Waals surface area (Å²) in [7, 11) is 0. The Labute approximate surface area is 125 Å². The number of hydrogen-bond donors (Lipinski definition) is 3. The first-order valence-corrected chi connectivity index (χ1v) is 7.50. The lowest BCUT2D eigenvalue weighted by atomic mass is 10.1. The van der Waals surface area contributed by atoms with Gasteiger partial charge in [-0.2, -0.15) is 0 Å². The molecular formula is C16H23N3O2. The molecule has 2 rings (SSSR count). The van der Waals surface area contributed by atoms with Crippen molar-refractivity contribution in [1.29, 1.82) is 0 Å². The average molecular weight is 289 g/mol. The van der Waals surface area contributed by atoms with Gasteiger partial charge in [-0.3, -0.25) is 9.59 Å². The topological polar surface area (TPSA) is 70.2 Å². The van der Waals surface area contributed by atoms with Gasteiger partial charge in [0.2, 0.25) is 5.91 Å². The van der Waals surface area contributed by atoms with Gasteiger partial charge in [0.1, 0.15) is 0 Å².